The third-order valence-electron chi connectivity index (χ3n) is 4.28. The van der Waals surface area contributed by atoms with Crippen LogP contribution in [0, 0.1) is 5.82 Å². The van der Waals surface area contributed by atoms with E-state index in [4.69, 9.17) is 4.74 Å². The summed E-state index contributed by atoms with van der Waals surface area (Å²) in [6.45, 7) is 2.93. The van der Waals surface area contributed by atoms with E-state index >= 15 is 0 Å². The molecule has 1 aliphatic rings. The van der Waals surface area contributed by atoms with Crippen LogP contribution in [0.5, 0.6) is 5.88 Å². The molecule has 0 N–H and O–H groups in total. The van der Waals surface area contributed by atoms with Crippen molar-refractivity contribution < 1.29 is 13.9 Å². The molecular formula is C19H22FN3O2S. The van der Waals surface area contributed by atoms with Gasteiger partial charge in [0.05, 0.1) is 18.0 Å². The number of benzene rings is 1. The maximum absolute atomic E-state index is 14.2. The Morgan fingerprint density at radius 3 is 2.92 bits per heavy atom. The average Bonchev–Trinajstić information content (AvgIpc) is 3.13. The number of nitrogens with zero attached hydrogens (tertiary/aromatic N) is 3. The molecule has 1 fully saturated rings. The molecule has 1 aromatic carbocycles. The summed E-state index contributed by atoms with van der Waals surface area (Å²) < 4.78 is 19.9. The van der Waals surface area contributed by atoms with E-state index in [2.05, 4.69) is 22.1 Å². The van der Waals surface area contributed by atoms with Gasteiger partial charge in [0.15, 0.2) is 0 Å². The lowest BCUT2D eigenvalue weighted by Crippen LogP contribution is -2.32. The third kappa shape index (κ3) is 4.72. The summed E-state index contributed by atoms with van der Waals surface area (Å²) in [5.41, 5.74) is 1.55. The lowest BCUT2D eigenvalue weighted by atomic mass is 10.2. The Balaban J connectivity index is 1.46. The molecule has 2 heterocycles. The number of hydrogen-bond donors (Lipinski definition) is 0. The summed E-state index contributed by atoms with van der Waals surface area (Å²) in [5, 5.41) is 0. The zero-order valence-electron chi connectivity index (χ0n) is 14.7. The van der Waals surface area contributed by atoms with Gasteiger partial charge < -0.3 is 9.64 Å². The van der Waals surface area contributed by atoms with Gasteiger partial charge in [0.25, 0.3) is 5.88 Å². The van der Waals surface area contributed by atoms with Crippen molar-refractivity contribution in [3.8, 4) is 5.88 Å². The molecule has 0 radical (unpaired) electrons. The van der Waals surface area contributed by atoms with Crippen molar-refractivity contribution in [2.75, 3.05) is 18.8 Å². The molecule has 0 saturated carbocycles. The molecule has 7 heteroatoms. The van der Waals surface area contributed by atoms with Gasteiger partial charge in [-0.05, 0) is 12.0 Å². The van der Waals surface area contributed by atoms with E-state index in [0.29, 0.717) is 37.4 Å². The Morgan fingerprint density at radius 1 is 1.35 bits per heavy atom. The number of ether oxygens (including phenoxy) is 1. The van der Waals surface area contributed by atoms with Crippen LogP contribution < -0.4 is 4.74 Å². The van der Waals surface area contributed by atoms with Crippen LogP contribution in [0.3, 0.4) is 0 Å². The second-order valence-corrected chi connectivity index (χ2v) is 7.13. The largest absolute Gasteiger partial charge is 0.470 e. The first-order valence-electron chi connectivity index (χ1n) is 8.72. The van der Waals surface area contributed by atoms with Gasteiger partial charge >= 0.3 is 0 Å². The standard InChI is InChI=1S/C19H22FN3O2S/c1-2-16-18(20)19(22-13-21-16)25-15-8-9-23(10-15)17(24)12-26-11-14-6-4-3-5-7-14/h3-7,13,15H,2,8-12H2,1H3. The highest BCUT2D eigenvalue weighted by Crippen LogP contribution is 2.22. The maximum atomic E-state index is 14.2. The van der Waals surface area contributed by atoms with Crippen LogP contribution in [0.15, 0.2) is 36.7 Å². The number of aromatic nitrogens is 2. The molecule has 138 valence electrons. The first-order chi connectivity index (χ1) is 12.7. The number of amides is 1. The molecule has 0 spiro atoms. The zero-order valence-corrected chi connectivity index (χ0v) is 15.5. The Kier molecular flexibility index (Phi) is 6.44. The van der Waals surface area contributed by atoms with Crippen LogP contribution in [0.1, 0.15) is 24.6 Å². The number of carbonyl (C=O) groups is 1. The lowest BCUT2D eigenvalue weighted by molar-refractivity contribution is -0.127. The zero-order chi connectivity index (χ0) is 18.4. The van der Waals surface area contributed by atoms with Gasteiger partial charge in [-0.3, -0.25) is 4.79 Å². The number of hydrogen-bond acceptors (Lipinski definition) is 5. The highest BCUT2D eigenvalue weighted by Gasteiger charge is 2.28. The molecule has 1 unspecified atom stereocenters. The first-order valence-corrected chi connectivity index (χ1v) is 9.88. The van der Waals surface area contributed by atoms with E-state index in [-0.39, 0.29) is 17.9 Å². The fourth-order valence-corrected chi connectivity index (χ4v) is 3.73. The number of rotatable bonds is 7. The van der Waals surface area contributed by atoms with Crippen molar-refractivity contribution in [2.45, 2.75) is 31.6 Å². The van der Waals surface area contributed by atoms with E-state index in [1.165, 1.54) is 11.9 Å². The molecule has 0 bridgehead atoms. The number of halogens is 1. The van der Waals surface area contributed by atoms with Gasteiger partial charge in [-0.1, -0.05) is 37.3 Å². The second kappa shape index (κ2) is 8.98. The molecule has 1 aliphatic heterocycles. The lowest BCUT2D eigenvalue weighted by Gasteiger charge is -2.17. The van der Waals surface area contributed by atoms with E-state index in [0.717, 1.165) is 5.75 Å². The smallest absolute Gasteiger partial charge is 0.254 e. The van der Waals surface area contributed by atoms with Gasteiger partial charge in [-0.25, -0.2) is 4.98 Å². The van der Waals surface area contributed by atoms with Crippen molar-refractivity contribution in [2.24, 2.45) is 0 Å². The van der Waals surface area contributed by atoms with Crippen molar-refractivity contribution in [1.29, 1.82) is 0 Å². The fraction of sp³-hybridized carbons (Fsp3) is 0.421. The van der Waals surface area contributed by atoms with Gasteiger partial charge in [0.2, 0.25) is 11.7 Å². The van der Waals surface area contributed by atoms with Crippen LogP contribution >= 0.6 is 11.8 Å². The molecule has 1 atom stereocenters. The van der Waals surface area contributed by atoms with Crippen molar-refractivity contribution >= 4 is 17.7 Å². The molecule has 0 aliphatic carbocycles. The van der Waals surface area contributed by atoms with Gasteiger partial charge in [0, 0.05) is 18.7 Å². The monoisotopic (exact) mass is 375 g/mol. The van der Waals surface area contributed by atoms with Crippen LogP contribution in [0.25, 0.3) is 0 Å². The maximum Gasteiger partial charge on any atom is 0.254 e. The Hall–Kier alpha value is -2.15. The van der Waals surface area contributed by atoms with Crippen molar-refractivity contribution in [3.63, 3.8) is 0 Å². The first kappa shape index (κ1) is 18.6. The normalized spacial score (nSPS) is 16.7. The summed E-state index contributed by atoms with van der Waals surface area (Å²) >= 11 is 1.60. The quantitative estimate of drug-likeness (QED) is 0.744. The van der Waals surface area contributed by atoms with Crippen LogP contribution in [0.2, 0.25) is 0 Å². The van der Waals surface area contributed by atoms with Crippen LogP contribution in [-0.2, 0) is 17.0 Å². The minimum Gasteiger partial charge on any atom is -0.470 e. The van der Waals surface area contributed by atoms with Gasteiger partial charge in [-0.2, -0.15) is 9.37 Å². The Labute approximate surface area is 157 Å². The molecule has 1 aromatic heterocycles. The van der Waals surface area contributed by atoms with E-state index in [1.54, 1.807) is 16.7 Å². The summed E-state index contributed by atoms with van der Waals surface area (Å²) in [4.78, 5) is 21.9. The Morgan fingerprint density at radius 2 is 2.15 bits per heavy atom. The van der Waals surface area contributed by atoms with Crippen molar-refractivity contribution in [1.82, 2.24) is 14.9 Å². The topological polar surface area (TPSA) is 55.3 Å². The van der Waals surface area contributed by atoms with E-state index in [9.17, 15) is 9.18 Å². The molecule has 26 heavy (non-hydrogen) atoms. The molecule has 5 nitrogen and oxygen atoms in total. The molecule has 2 aromatic rings. The molecular weight excluding hydrogens is 353 g/mol. The van der Waals surface area contributed by atoms with Crippen LogP contribution in [-0.4, -0.2) is 45.7 Å². The van der Waals surface area contributed by atoms with Crippen LogP contribution in [0.4, 0.5) is 4.39 Å². The highest BCUT2D eigenvalue weighted by molar-refractivity contribution is 7.99. The summed E-state index contributed by atoms with van der Waals surface area (Å²) in [7, 11) is 0. The predicted octanol–water partition coefficient (Wildman–Crippen LogP) is 3.09. The van der Waals surface area contributed by atoms with E-state index < -0.39 is 5.82 Å². The minimum absolute atomic E-state index is 0.0189. The number of likely N-dealkylation sites (tertiary alicyclic amines) is 1. The van der Waals surface area contributed by atoms with E-state index in [1.807, 2.05) is 25.1 Å². The number of aryl methyl sites for hydroxylation is 1. The van der Waals surface area contributed by atoms with Gasteiger partial charge in [0.1, 0.15) is 12.4 Å². The second-order valence-electron chi connectivity index (χ2n) is 6.14. The predicted molar refractivity (Wildman–Crippen MR) is 99.6 cm³/mol. The summed E-state index contributed by atoms with van der Waals surface area (Å²) in [5.74, 6) is 0.817. The summed E-state index contributed by atoms with van der Waals surface area (Å²) in [6.07, 6.45) is 2.25. The number of carbonyl (C=O) groups excluding carboxylic acids is 1. The highest BCUT2D eigenvalue weighted by atomic mass is 32.2. The van der Waals surface area contributed by atoms with Gasteiger partial charge in [-0.15, -0.1) is 11.8 Å². The minimum atomic E-state index is -0.502. The third-order valence-corrected chi connectivity index (χ3v) is 5.27. The fourth-order valence-electron chi connectivity index (χ4n) is 2.85. The average molecular weight is 375 g/mol. The van der Waals surface area contributed by atoms with Crippen molar-refractivity contribution in [3.05, 3.63) is 53.7 Å². The SMILES string of the molecule is CCc1ncnc(OC2CCN(C(=O)CSCc3ccccc3)C2)c1F. The summed E-state index contributed by atoms with van der Waals surface area (Å²) in [6, 6.07) is 10.1. The molecule has 3 rings (SSSR count). The molecule has 1 amide bonds. The number of thioether (sulfide) groups is 1. The molecule has 1 saturated heterocycles. The Bertz CT molecular complexity index is 745.